The highest BCUT2D eigenvalue weighted by Crippen LogP contribution is 2.36. The molecule has 1 aliphatic carbocycles. The molecule has 3 aromatic rings. The number of hydrogen-bond donors (Lipinski definition) is 2. The van der Waals surface area contributed by atoms with Crippen LogP contribution in [0.3, 0.4) is 0 Å². The fourth-order valence-corrected chi connectivity index (χ4v) is 3.73. The number of carboxylic acids is 1. The predicted molar refractivity (Wildman–Crippen MR) is 108 cm³/mol. The van der Waals surface area contributed by atoms with E-state index >= 15 is 0 Å². The van der Waals surface area contributed by atoms with Crippen LogP contribution in [0.1, 0.15) is 35.2 Å². The van der Waals surface area contributed by atoms with Crippen LogP contribution in [0.25, 0.3) is 10.8 Å². The molecule has 0 aliphatic heterocycles. The predicted octanol–water partition coefficient (Wildman–Crippen LogP) is 3.16. The van der Waals surface area contributed by atoms with Crippen molar-refractivity contribution in [3.63, 3.8) is 0 Å². The number of nitrogens with zero attached hydrogens (tertiary/aromatic N) is 2. The fraction of sp³-hybridized carbons (Fsp3) is 0.318. The summed E-state index contributed by atoms with van der Waals surface area (Å²) in [5, 5.41) is 14.1. The minimum absolute atomic E-state index is 0.355. The number of fused-ring (bicyclic) bond motifs is 1. The van der Waals surface area contributed by atoms with E-state index < -0.39 is 17.4 Å². The van der Waals surface area contributed by atoms with E-state index in [1.165, 1.54) is 0 Å². The maximum Gasteiger partial charge on any atom is 0.329 e. The lowest BCUT2D eigenvalue weighted by Gasteiger charge is -2.38. The van der Waals surface area contributed by atoms with Crippen molar-refractivity contribution in [1.82, 2.24) is 14.9 Å². The van der Waals surface area contributed by atoms with E-state index in [4.69, 9.17) is 4.74 Å². The first-order valence-corrected chi connectivity index (χ1v) is 9.67. The van der Waals surface area contributed by atoms with Gasteiger partial charge in [0, 0.05) is 17.8 Å². The quantitative estimate of drug-likeness (QED) is 0.643. The fourth-order valence-electron chi connectivity index (χ4n) is 3.73. The van der Waals surface area contributed by atoms with Gasteiger partial charge >= 0.3 is 5.97 Å². The number of imidazole rings is 1. The summed E-state index contributed by atoms with van der Waals surface area (Å²) in [5.74, 6) is -0.931. The van der Waals surface area contributed by atoms with Crippen molar-refractivity contribution in [3.05, 3.63) is 60.2 Å². The molecule has 29 heavy (non-hydrogen) atoms. The summed E-state index contributed by atoms with van der Waals surface area (Å²) in [6.45, 7) is 2.88. The number of aliphatic carboxylic acids is 1. The second-order valence-electron chi connectivity index (χ2n) is 7.46. The molecule has 150 valence electrons. The van der Waals surface area contributed by atoms with Crippen molar-refractivity contribution in [1.29, 1.82) is 0 Å². The number of rotatable bonds is 7. The molecule has 1 heterocycles. The molecule has 2 N–H and O–H groups in total. The van der Waals surface area contributed by atoms with E-state index in [0.29, 0.717) is 37.3 Å². The summed E-state index contributed by atoms with van der Waals surface area (Å²) in [6, 6.07) is 9.52. The van der Waals surface area contributed by atoms with Crippen LogP contribution < -0.4 is 10.1 Å². The van der Waals surface area contributed by atoms with Crippen LogP contribution in [0, 0.1) is 6.92 Å². The molecule has 0 radical (unpaired) electrons. The standard InChI is InChI=1S/C22H23N3O4/c1-15-13-18(20(26)24-22(21(27)28)7-4-8-22)19(17-6-3-2-5-16(15)17)29-12-11-25-10-9-23-14-25/h2-3,5-6,9-10,13-14H,4,7-8,11-12H2,1H3,(H,24,26)(H,27,28). The maximum atomic E-state index is 13.1. The molecule has 7 heteroatoms. The van der Waals surface area contributed by atoms with Gasteiger partial charge in [-0.15, -0.1) is 0 Å². The average Bonchev–Trinajstić information content (AvgIpc) is 3.19. The Morgan fingerprint density at radius 1 is 1.28 bits per heavy atom. The van der Waals surface area contributed by atoms with E-state index in [2.05, 4.69) is 10.3 Å². The number of aromatic nitrogens is 2. The minimum atomic E-state index is -1.18. The maximum absolute atomic E-state index is 13.1. The Balaban J connectivity index is 1.67. The molecular weight excluding hydrogens is 370 g/mol. The lowest BCUT2D eigenvalue weighted by molar-refractivity contribution is -0.148. The largest absolute Gasteiger partial charge is 0.490 e. The molecule has 1 amide bonds. The zero-order chi connectivity index (χ0) is 20.4. The molecule has 2 aromatic carbocycles. The summed E-state index contributed by atoms with van der Waals surface area (Å²) in [6.07, 6.45) is 6.92. The number of carbonyl (C=O) groups excluding carboxylic acids is 1. The molecule has 0 saturated heterocycles. The highest BCUT2D eigenvalue weighted by molar-refractivity contribution is 6.06. The smallest absolute Gasteiger partial charge is 0.329 e. The number of ether oxygens (including phenoxy) is 1. The second-order valence-corrected chi connectivity index (χ2v) is 7.46. The normalized spacial score (nSPS) is 14.9. The van der Waals surface area contributed by atoms with Crippen molar-refractivity contribution < 1.29 is 19.4 Å². The van der Waals surface area contributed by atoms with Gasteiger partial charge in [-0.05, 0) is 43.2 Å². The van der Waals surface area contributed by atoms with Gasteiger partial charge in [-0.1, -0.05) is 24.3 Å². The SMILES string of the molecule is Cc1cc(C(=O)NC2(C(=O)O)CCC2)c(OCCn2ccnc2)c2ccccc12. The zero-order valence-corrected chi connectivity index (χ0v) is 16.2. The number of benzene rings is 2. The Labute approximate surface area is 168 Å². The highest BCUT2D eigenvalue weighted by Gasteiger charge is 2.46. The lowest BCUT2D eigenvalue weighted by Crippen LogP contribution is -2.59. The summed E-state index contributed by atoms with van der Waals surface area (Å²) in [7, 11) is 0. The molecule has 0 atom stereocenters. The number of carbonyl (C=O) groups is 2. The molecule has 0 spiro atoms. The van der Waals surface area contributed by atoms with Gasteiger partial charge in [0.05, 0.1) is 18.4 Å². The van der Waals surface area contributed by atoms with Gasteiger partial charge in [-0.3, -0.25) is 4.79 Å². The molecule has 0 bridgehead atoms. The molecule has 1 aromatic heterocycles. The molecule has 7 nitrogen and oxygen atoms in total. The van der Waals surface area contributed by atoms with E-state index in [9.17, 15) is 14.7 Å². The monoisotopic (exact) mass is 393 g/mol. The number of amides is 1. The van der Waals surface area contributed by atoms with Gasteiger partial charge in [0.2, 0.25) is 0 Å². The van der Waals surface area contributed by atoms with Crippen molar-refractivity contribution in [3.8, 4) is 5.75 Å². The van der Waals surface area contributed by atoms with Gasteiger partial charge in [0.25, 0.3) is 5.91 Å². The summed E-state index contributed by atoms with van der Waals surface area (Å²) in [5.41, 5.74) is 0.120. The van der Waals surface area contributed by atoms with Crippen LogP contribution in [0.2, 0.25) is 0 Å². The van der Waals surface area contributed by atoms with E-state index in [1.807, 2.05) is 42.0 Å². The van der Waals surface area contributed by atoms with Crippen LogP contribution >= 0.6 is 0 Å². The number of hydrogen-bond acceptors (Lipinski definition) is 4. The Kier molecular flexibility index (Phi) is 4.96. The Morgan fingerprint density at radius 3 is 2.66 bits per heavy atom. The number of carboxylic acid groups (broad SMARTS) is 1. The molecular formula is C22H23N3O4. The van der Waals surface area contributed by atoms with Gasteiger partial charge in [-0.25, -0.2) is 9.78 Å². The number of nitrogens with one attached hydrogen (secondary N) is 1. The van der Waals surface area contributed by atoms with E-state index in [0.717, 1.165) is 22.8 Å². The average molecular weight is 393 g/mol. The second kappa shape index (κ2) is 7.58. The summed E-state index contributed by atoms with van der Waals surface area (Å²) < 4.78 is 7.96. The third kappa shape index (κ3) is 3.55. The third-order valence-corrected chi connectivity index (χ3v) is 5.57. The Bertz CT molecular complexity index is 1060. The van der Waals surface area contributed by atoms with Crippen molar-refractivity contribution in [2.75, 3.05) is 6.61 Å². The van der Waals surface area contributed by atoms with Gasteiger partial charge in [0.1, 0.15) is 17.9 Å². The van der Waals surface area contributed by atoms with Crippen LogP contribution in [0.4, 0.5) is 0 Å². The van der Waals surface area contributed by atoms with Crippen LogP contribution in [0.15, 0.2) is 49.1 Å². The van der Waals surface area contributed by atoms with Gasteiger partial charge in [0.15, 0.2) is 0 Å². The van der Waals surface area contributed by atoms with E-state index in [1.54, 1.807) is 18.6 Å². The van der Waals surface area contributed by atoms with Crippen molar-refractivity contribution in [2.24, 2.45) is 0 Å². The van der Waals surface area contributed by atoms with Gasteiger partial charge < -0.3 is 19.7 Å². The Hall–Kier alpha value is -3.35. The third-order valence-electron chi connectivity index (χ3n) is 5.57. The van der Waals surface area contributed by atoms with Crippen LogP contribution in [-0.2, 0) is 11.3 Å². The first-order valence-electron chi connectivity index (χ1n) is 9.67. The first-order chi connectivity index (χ1) is 14.0. The lowest BCUT2D eigenvalue weighted by atomic mass is 9.76. The van der Waals surface area contributed by atoms with Crippen molar-refractivity contribution >= 4 is 22.6 Å². The summed E-state index contributed by atoms with van der Waals surface area (Å²) in [4.78, 5) is 28.8. The molecule has 1 saturated carbocycles. The van der Waals surface area contributed by atoms with Crippen molar-refractivity contribution in [2.45, 2.75) is 38.3 Å². The van der Waals surface area contributed by atoms with Crippen LogP contribution in [0.5, 0.6) is 5.75 Å². The molecule has 1 aliphatic rings. The minimum Gasteiger partial charge on any atom is -0.490 e. The van der Waals surface area contributed by atoms with E-state index in [-0.39, 0.29) is 0 Å². The molecule has 0 unspecified atom stereocenters. The highest BCUT2D eigenvalue weighted by atomic mass is 16.5. The molecule has 1 fully saturated rings. The topological polar surface area (TPSA) is 93.5 Å². The van der Waals surface area contributed by atoms with Gasteiger partial charge in [-0.2, -0.15) is 0 Å². The first kappa shape index (κ1) is 19.0. The zero-order valence-electron chi connectivity index (χ0n) is 16.2. The molecule has 4 rings (SSSR count). The Morgan fingerprint density at radius 2 is 2.03 bits per heavy atom. The number of aryl methyl sites for hydroxylation is 1. The summed E-state index contributed by atoms with van der Waals surface area (Å²) >= 11 is 0. The van der Waals surface area contributed by atoms with Crippen LogP contribution in [-0.4, -0.2) is 38.7 Å².